The smallest absolute Gasteiger partial charge is 0.117 e. The molecule has 0 aliphatic carbocycles. The Hall–Kier alpha value is -1.81. The van der Waals surface area contributed by atoms with Crippen molar-refractivity contribution in [3.05, 3.63) is 30.5 Å². The van der Waals surface area contributed by atoms with Gasteiger partial charge < -0.3 is 14.9 Å². The Morgan fingerprint density at radius 3 is 2.67 bits per heavy atom. The van der Waals surface area contributed by atoms with Crippen molar-refractivity contribution in [2.24, 2.45) is 0 Å². The molecule has 0 radical (unpaired) electrons. The Kier molecular flexibility index (Phi) is 2.80. The molecule has 94 valence electrons. The van der Waals surface area contributed by atoms with Gasteiger partial charge in [-0.3, -0.25) is 4.98 Å². The number of pyridine rings is 1. The van der Waals surface area contributed by atoms with Crippen molar-refractivity contribution in [3.8, 4) is 5.75 Å². The van der Waals surface area contributed by atoms with Gasteiger partial charge in [-0.2, -0.15) is 0 Å². The molecular weight excluding hydrogens is 226 g/mol. The largest absolute Gasteiger partial charge is 0.508 e. The fraction of sp³-hybridized carbons (Fsp3) is 0.357. The number of likely N-dealkylation sites (N-methyl/N-ethyl adjacent to an activating group) is 1. The van der Waals surface area contributed by atoms with Crippen LogP contribution in [0, 0.1) is 0 Å². The van der Waals surface area contributed by atoms with Crippen LogP contribution in [0.3, 0.4) is 0 Å². The summed E-state index contributed by atoms with van der Waals surface area (Å²) in [5.74, 6) is 0.269. The van der Waals surface area contributed by atoms with Crippen LogP contribution in [0.15, 0.2) is 30.5 Å². The van der Waals surface area contributed by atoms with E-state index < -0.39 is 0 Å². The van der Waals surface area contributed by atoms with Gasteiger partial charge in [0.25, 0.3) is 0 Å². The Balaban J connectivity index is 2.01. The molecule has 1 aliphatic rings. The molecule has 0 saturated carbocycles. The van der Waals surface area contributed by atoms with Crippen molar-refractivity contribution in [1.29, 1.82) is 0 Å². The molecule has 1 saturated heterocycles. The molecule has 0 spiro atoms. The summed E-state index contributed by atoms with van der Waals surface area (Å²) < 4.78 is 0. The van der Waals surface area contributed by atoms with Crippen LogP contribution in [0.1, 0.15) is 0 Å². The van der Waals surface area contributed by atoms with E-state index in [1.54, 1.807) is 12.1 Å². The minimum atomic E-state index is 0.269. The van der Waals surface area contributed by atoms with E-state index >= 15 is 0 Å². The number of aromatic nitrogens is 1. The normalized spacial score (nSPS) is 17.3. The van der Waals surface area contributed by atoms with Crippen LogP contribution in [0.4, 0.5) is 5.69 Å². The lowest BCUT2D eigenvalue weighted by Crippen LogP contribution is -2.44. The van der Waals surface area contributed by atoms with Gasteiger partial charge >= 0.3 is 0 Å². The maximum atomic E-state index is 9.51. The average Bonchev–Trinajstić information content (AvgIpc) is 2.38. The summed E-state index contributed by atoms with van der Waals surface area (Å²) in [6.45, 7) is 4.25. The number of hydrogen-bond acceptors (Lipinski definition) is 4. The maximum Gasteiger partial charge on any atom is 0.117 e. The van der Waals surface area contributed by atoms with E-state index in [9.17, 15) is 5.11 Å². The highest BCUT2D eigenvalue weighted by molar-refractivity contribution is 5.92. The van der Waals surface area contributed by atoms with Crippen molar-refractivity contribution >= 4 is 16.6 Å². The molecule has 18 heavy (non-hydrogen) atoms. The highest BCUT2D eigenvalue weighted by Gasteiger charge is 2.16. The predicted octanol–water partition coefficient (Wildman–Crippen LogP) is 1.69. The van der Waals surface area contributed by atoms with Crippen LogP contribution >= 0.6 is 0 Å². The van der Waals surface area contributed by atoms with Crippen molar-refractivity contribution in [1.82, 2.24) is 9.88 Å². The molecule has 0 unspecified atom stereocenters. The molecular formula is C14H17N3O. The number of piperazine rings is 1. The van der Waals surface area contributed by atoms with Crippen molar-refractivity contribution < 1.29 is 5.11 Å². The Labute approximate surface area is 106 Å². The van der Waals surface area contributed by atoms with Gasteiger partial charge in [-0.05, 0) is 25.2 Å². The zero-order valence-corrected chi connectivity index (χ0v) is 10.5. The van der Waals surface area contributed by atoms with E-state index in [4.69, 9.17) is 0 Å². The van der Waals surface area contributed by atoms with Crippen LogP contribution in [0.25, 0.3) is 10.9 Å². The first-order chi connectivity index (χ1) is 8.74. The number of benzene rings is 1. The monoisotopic (exact) mass is 243 g/mol. The van der Waals surface area contributed by atoms with Gasteiger partial charge in [0.1, 0.15) is 5.75 Å². The number of phenolic OH excluding ortho intramolecular Hbond substituents is 1. The molecule has 1 aliphatic heterocycles. The second-order valence-corrected chi connectivity index (χ2v) is 4.82. The molecule has 1 aromatic carbocycles. The van der Waals surface area contributed by atoms with Gasteiger partial charge in [0.05, 0.1) is 5.52 Å². The lowest BCUT2D eigenvalue weighted by molar-refractivity contribution is 0.313. The van der Waals surface area contributed by atoms with Gasteiger partial charge in [-0.15, -0.1) is 0 Å². The van der Waals surface area contributed by atoms with Gasteiger partial charge in [0.2, 0.25) is 0 Å². The number of fused-ring (bicyclic) bond motifs is 1. The highest BCUT2D eigenvalue weighted by Crippen LogP contribution is 2.28. The minimum Gasteiger partial charge on any atom is -0.508 e. The second kappa shape index (κ2) is 4.46. The molecule has 0 bridgehead atoms. The van der Waals surface area contributed by atoms with Gasteiger partial charge in [0.15, 0.2) is 0 Å². The Morgan fingerprint density at radius 2 is 1.89 bits per heavy atom. The molecule has 2 heterocycles. The van der Waals surface area contributed by atoms with E-state index in [0.29, 0.717) is 0 Å². The molecule has 2 aromatic rings. The number of phenols is 1. The summed E-state index contributed by atoms with van der Waals surface area (Å²) in [4.78, 5) is 9.04. The number of rotatable bonds is 1. The zero-order valence-electron chi connectivity index (χ0n) is 10.5. The number of aromatic hydroxyl groups is 1. The number of nitrogens with zero attached hydrogens (tertiary/aromatic N) is 3. The molecule has 1 aromatic heterocycles. The third-order valence-corrected chi connectivity index (χ3v) is 3.55. The molecule has 0 amide bonds. The Bertz CT molecular complexity index is 562. The average molecular weight is 243 g/mol. The standard InChI is InChI=1S/C14H17N3O/c1-16-6-8-17(9-7-16)14-4-5-15-13-10-11(18)2-3-12(13)14/h2-5,10,18H,6-9H2,1H3. The molecule has 1 fully saturated rings. The minimum absolute atomic E-state index is 0.269. The summed E-state index contributed by atoms with van der Waals surface area (Å²) in [7, 11) is 2.15. The van der Waals surface area contributed by atoms with Crippen LogP contribution in [0.2, 0.25) is 0 Å². The summed E-state index contributed by atoms with van der Waals surface area (Å²) in [6, 6.07) is 7.45. The lowest BCUT2D eigenvalue weighted by atomic mass is 10.1. The maximum absolute atomic E-state index is 9.51. The van der Waals surface area contributed by atoms with Crippen molar-refractivity contribution in [3.63, 3.8) is 0 Å². The SMILES string of the molecule is CN1CCN(c2ccnc3cc(O)ccc23)CC1. The predicted molar refractivity (Wildman–Crippen MR) is 73.1 cm³/mol. The first kappa shape index (κ1) is 11.3. The van der Waals surface area contributed by atoms with Crippen LogP contribution in [-0.2, 0) is 0 Å². The molecule has 4 nitrogen and oxygen atoms in total. The van der Waals surface area contributed by atoms with Gasteiger partial charge in [0, 0.05) is 49.5 Å². The fourth-order valence-electron chi connectivity index (χ4n) is 2.44. The first-order valence-electron chi connectivity index (χ1n) is 6.25. The summed E-state index contributed by atoms with van der Waals surface area (Å²) >= 11 is 0. The van der Waals surface area contributed by atoms with Crippen LogP contribution in [0.5, 0.6) is 5.75 Å². The third kappa shape index (κ3) is 1.99. The van der Waals surface area contributed by atoms with Crippen LogP contribution in [-0.4, -0.2) is 48.2 Å². The van der Waals surface area contributed by atoms with E-state index in [-0.39, 0.29) is 5.75 Å². The summed E-state index contributed by atoms with van der Waals surface area (Å²) in [6.07, 6.45) is 1.81. The van der Waals surface area contributed by atoms with Crippen molar-refractivity contribution in [2.45, 2.75) is 0 Å². The molecule has 1 N–H and O–H groups in total. The van der Waals surface area contributed by atoms with Crippen molar-refractivity contribution in [2.75, 3.05) is 38.1 Å². The quantitative estimate of drug-likeness (QED) is 0.827. The Morgan fingerprint density at radius 1 is 1.11 bits per heavy atom. The van der Waals surface area contributed by atoms with Gasteiger partial charge in [-0.25, -0.2) is 0 Å². The second-order valence-electron chi connectivity index (χ2n) is 4.82. The molecule has 4 heteroatoms. The fourth-order valence-corrected chi connectivity index (χ4v) is 2.44. The zero-order chi connectivity index (χ0) is 12.5. The lowest BCUT2D eigenvalue weighted by Gasteiger charge is -2.34. The summed E-state index contributed by atoms with van der Waals surface area (Å²) in [5.41, 5.74) is 2.07. The molecule has 3 rings (SSSR count). The first-order valence-corrected chi connectivity index (χ1v) is 6.25. The van der Waals surface area contributed by atoms with E-state index in [0.717, 1.165) is 37.1 Å². The number of anilines is 1. The van der Waals surface area contributed by atoms with E-state index in [1.165, 1.54) is 5.69 Å². The van der Waals surface area contributed by atoms with E-state index in [1.807, 2.05) is 12.3 Å². The van der Waals surface area contributed by atoms with Gasteiger partial charge in [-0.1, -0.05) is 0 Å². The highest BCUT2D eigenvalue weighted by atomic mass is 16.3. The van der Waals surface area contributed by atoms with Crippen LogP contribution < -0.4 is 4.90 Å². The number of hydrogen-bond donors (Lipinski definition) is 1. The summed E-state index contributed by atoms with van der Waals surface area (Å²) in [5, 5.41) is 10.6. The third-order valence-electron chi connectivity index (χ3n) is 3.55. The van der Waals surface area contributed by atoms with E-state index in [2.05, 4.69) is 27.9 Å². The molecule has 0 atom stereocenters. The topological polar surface area (TPSA) is 39.6 Å².